The van der Waals surface area contributed by atoms with Crippen molar-refractivity contribution in [3.05, 3.63) is 40.7 Å². The van der Waals surface area contributed by atoms with Gasteiger partial charge < -0.3 is 9.30 Å². The minimum atomic E-state index is -0.374. The maximum absolute atomic E-state index is 13.5. The number of H-pyrrole nitrogens is 1. The van der Waals surface area contributed by atoms with Crippen molar-refractivity contribution in [1.29, 1.82) is 0 Å². The Morgan fingerprint density at radius 1 is 1.29 bits per heavy atom. The zero-order valence-corrected chi connectivity index (χ0v) is 13.0. The zero-order chi connectivity index (χ0) is 15.1. The monoisotopic (exact) mass is 309 g/mol. The highest BCUT2D eigenvalue weighted by atomic mass is 32.1. The van der Waals surface area contributed by atoms with Crippen LogP contribution in [0.25, 0.3) is 0 Å². The first-order chi connectivity index (χ1) is 10.2. The Morgan fingerprint density at radius 2 is 2.10 bits per heavy atom. The van der Waals surface area contributed by atoms with E-state index >= 15 is 0 Å². The topological polar surface area (TPSA) is 42.8 Å². The molecule has 6 heteroatoms. The molecule has 1 aromatic carbocycles. The average Bonchev–Trinajstić information content (AvgIpc) is 2.83. The number of nitrogens with zero attached hydrogens (tertiary/aromatic N) is 2. The maximum atomic E-state index is 13.5. The minimum Gasteiger partial charge on any atom is -0.483 e. The van der Waals surface area contributed by atoms with Gasteiger partial charge in [0, 0.05) is 6.54 Å². The lowest BCUT2D eigenvalue weighted by molar-refractivity contribution is 0.274. The molecule has 1 N–H and O–H groups in total. The molecular weight excluding hydrogens is 289 g/mol. The fraction of sp³-hybridized carbons (Fsp3) is 0.467. The van der Waals surface area contributed by atoms with Crippen LogP contribution in [0.5, 0.6) is 5.75 Å². The molecule has 0 aliphatic rings. The van der Waals surface area contributed by atoms with Crippen molar-refractivity contribution in [3.8, 4) is 5.75 Å². The molecule has 2 aromatic rings. The van der Waals surface area contributed by atoms with E-state index in [1.165, 1.54) is 18.9 Å². The fourth-order valence-corrected chi connectivity index (χ4v) is 2.33. The summed E-state index contributed by atoms with van der Waals surface area (Å²) in [4.78, 5) is 0. The third kappa shape index (κ3) is 4.39. The summed E-state index contributed by atoms with van der Waals surface area (Å²) in [5.74, 6) is 0.546. The van der Waals surface area contributed by atoms with E-state index in [0.717, 1.165) is 19.4 Å². The number of unbranched alkanes of at least 4 members (excludes halogenated alkanes) is 3. The van der Waals surface area contributed by atoms with Crippen molar-refractivity contribution in [2.24, 2.45) is 0 Å². The van der Waals surface area contributed by atoms with Gasteiger partial charge in [0.15, 0.2) is 22.2 Å². The highest BCUT2D eigenvalue weighted by molar-refractivity contribution is 7.71. The Morgan fingerprint density at radius 3 is 2.86 bits per heavy atom. The van der Waals surface area contributed by atoms with Crippen molar-refractivity contribution in [1.82, 2.24) is 14.8 Å². The number of benzene rings is 1. The molecule has 0 saturated carbocycles. The normalized spacial score (nSPS) is 10.8. The Kier molecular flexibility index (Phi) is 5.92. The minimum absolute atomic E-state index is 0.196. The van der Waals surface area contributed by atoms with E-state index in [0.29, 0.717) is 10.6 Å². The van der Waals surface area contributed by atoms with E-state index in [1.807, 2.05) is 4.57 Å². The molecular formula is C15H20FN3OS. The summed E-state index contributed by atoms with van der Waals surface area (Å²) in [5.41, 5.74) is 0. The molecule has 0 aliphatic carbocycles. The van der Waals surface area contributed by atoms with E-state index in [2.05, 4.69) is 17.1 Å². The van der Waals surface area contributed by atoms with E-state index in [-0.39, 0.29) is 18.2 Å². The van der Waals surface area contributed by atoms with Crippen molar-refractivity contribution in [3.63, 3.8) is 0 Å². The number of hydrogen-bond donors (Lipinski definition) is 1. The lowest BCUT2D eigenvalue weighted by atomic mass is 10.2. The SMILES string of the molecule is CCCCCCn1c(COc2ccccc2F)n[nH]c1=S. The van der Waals surface area contributed by atoms with Gasteiger partial charge in [-0.1, -0.05) is 38.3 Å². The predicted molar refractivity (Wildman–Crippen MR) is 82.3 cm³/mol. The number of para-hydroxylation sites is 1. The molecule has 0 bridgehead atoms. The van der Waals surface area contributed by atoms with E-state index in [9.17, 15) is 4.39 Å². The third-order valence-electron chi connectivity index (χ3n) is 3.27. The quantitative estimate of drug-likeness (QED) is 0.586. The highest BCUT2D eigenvalue weighted by Gasteiger charge is 2.08. The Bertz CT molecular complexity index is 623. The molecule has 0 spiro atoms. The van der Waals surface area contributed by atoms with Gasteiger partial charge in [-0.25, -0.2) is 4.39 Å². The summed E-state index contributed by atoms with van der Waals surface area (Å²) in [5, 5.41) is 6.93. The van der Waals surface area contributed by atoms with Crippen LogP contribution in [0, 0.1) is 10.6 Å². The molecule has 114 valence electrons. The molecule has 1 heterocycles. The second-order valence-corrected chi connectivity index (χ2v) is 5.26. The summed E-state index contributed by atoms with van der Waals surface area (Å²) in [6.07, 6.45) is 4.62. The van der Waals surface area contributed by atoms with Crippen molar-refractivity contribution in [2.45, 2.75) is 45.8 Å². The van der Waals surface area contributed by atoms with E-state index < -0.39 is 0 Å². The van der Waals surface area contributed by atoms with Gasteiger partial charge in [0.05, 0.1) is 0 Å². The summed E-state index contributed by atoms with van der Waals surface area (Å²) in [6.45, 7) is 3.18. The molecule has 0 fully saturated rings. The van der Waals surface area contributed by atoms with Crippen LogP contribution in [-0.2, 0) is 13.2 Å². The third-order valence-corrected chi connectivity index (χ3v) is 3.58. The number of halogens is 1. The molecule has 1 aromatic heterocycles. The molecule has 4 nitrogen and oxygen atoms in total. The van der Waals surface area contributed by atoms with Crippen LogP contribution in [0.15, 0.2) is 24.3 Å². The van der Waals surface area contributed by atoms with Crippen LogP contribution < -0.4 is 4.74 Å². The second-order valence-electron chi connectivity index (χ2n) is 4.88. The first-order valence-corrected chi connectivity index (χ1v) is 7.64. The van der Waals surface area contributed by atoms with Gasteiger partial charge >= 0.3 is 0 Å². The summed E-state index contributed by atoms with van der Waals surface area (Å²) in [6, 6.07) is 6.34. The Hall–Kier alpha value is -1.69. The van der Waals surface area contributed by atoms with Crippen LogP contribution in [0.1, 0.15) is 38.4 Å². The van der Waals surface area contributed by atoms with E-state index in [4.69, 9.17) is 17.0 Å². The van der Waals surface area contributed by atoms with Gasteiger partial charge in [-0.3, -0.25) is 5.10 Å². The summed E-state index contributed by atoms with van der Waals surface area (Å²) in [7, 11) is 0. The maximum Gasteiger partial charge on any atom is 0.195 e. The smallest absolute Gasteiger partial charge is 0.195 e. The number of aromatic amines is 1. The van der Waals surface area contributed by atoms with Crippen molar-refractivity contribution >= 4 is 12.2 Å². The predicted octanol–water partition coefficient (Wildman–Crippen LogP) is 4.24. The van der Waals surface area contributed by atoms with Gasteiger partial charge in [-0.15, -0.1) is 0 Å². The lowest BCUT2D eigenvalue weighted by Gasteiger charge is -2.09. The van der Waals surface area contributed by atoms with Gasteiger partial charge in [0.2, 0.25) is 0 Å². The number of aromatic nitrogens is 3. The second kappa shape index (κ2) is 7.93. The van der Waals surface area contributed by atoms with Crippen molar-refractivity contribution < 1.29 is 9.13 Å². The number of nitrogens with one attached hydrogen (secondary N) is 1. The lowest BCUT2D eigenvalue weighted by Crippen LogP contribution is -2.08. The standard InChI is InChI=1S/C15H20FN3OS/c1-2-3-4-7-10-19-14(17-18-15(19)21)11-20-13-9-6-5-8-12(13)16/h5-6,8-9H,2-4,7,10-11H2,1H3,(H,18,21). The largest absolute Gasteiger partial charge is 0.483 e. The van der Waals surface area contributed by atoms with Crippen LogP contribution in [-0.4, -0.2) is 14.8 Å². The first-order valence-electron chi connectivity index (χ1n) is 7.23. The number of rotatable bonds is 8. The van der Waals surface area contributed by atoms with Crippen LogP contribution in [0.2, 0.25) is 0 Å². The average molecular weight is 309 g/mol. The molecule has 0 saturated heterocycles. The molecule has 0 radical (unpaired) electrons. The van der Waals surface area contributed by atoms with Crippen molar-refractivity contribution in [2.75, 3.05) is 0 Å². The first kappa shape index (κ1) is 15.7. The Labute approximate surface area is 129 Å². The fourth-order valence-electron chi connectivity index (χ4n) is 2.09. The number of hydrogen-bond acceptors (Lipinski definition) is 3. The van der Waals surface area contributed by atoms with E-state index in [1.54, 1.807) is 18.2 Å². The molecule has 21 heavy (non-hydrogen) atoms. The molecule has 2 rings (SSSR count). The van der Waals surface area contributed by atoms with Crippen LogP contribution >= 0.6 is 12.2 Å². The molecule has 0 aliphatic heterocycles. The van der Waals surface area contributed by atoms with Gasteiger partial charge in [0.1, 0.15) is 6.61 Å². The zero-order valence-electron chi connectivity index (χ0n) is 12.1. The van der Waals surface area contributed by atoms with Gasteiger partial charge in [0.25, 0.3) is 0 Å². The molecule has 0 amide bonds. The van der Waals surface area contributed by atoms with Crippen LogP contribution in [0.4, 0.5) is 4.39 Å². The van der Waals surface area contributed by atoms with Gasteiger partial charge in [-0.05, 0) is 30.8 Å². The summed E-state index contributed by atoms with van der Waals surface area (Å²) < 4.78 is 21.5. The molecule has 0 unspecified atom stereocenters. The highest BCUT2D eigenvalue weighted by Crippen LogP contribution is 2.17. The summed E-state index contributed by atoms with van der Waals surface area (Å²) >= 11 is 5.22. The molecule has 0 atom stereocenters. The Balaban J connectivity index is 1.97. The van der Waals surface area contributed by atoms with Gasteiger partial charge in [-0.2, -0.15) is 5.10 Å². The van der Waals surface area contributed by atoms with Crippen LogP contribution in [0.3, 0.4) is 0 Å². The number of ether oxygens (including phenoxy) is 1.